The van der Waals surface area contributed by atoms with Gasteiger partial charge in [-0.1, -0.05) is 37.3 Å². The standard InChI is InChI=1S/C25H30N4O4/c1-5-17(2)33-21-13-11-19(15-22(21)32-4)24-26-25(31)20(27-28-24)12-14-23(30)29(3)16-18-9-7-6-8-10-18/h6-11,13,15,17H,5,12,14,16H2,1-4H3,(H,26,28,31). The summed E-state index contributed by atoms with van der Waals surface area (Å²) in [5.41, 5.74) is 1.56. The number of hydrogen-bond donors (Lipinski definition) is 1. The van der Waals surface area contributed by atoms with E-state index in [1.807, 2.05) is 44.2 Å². The van der Waals surface area contributed by atoms with Crippen molar-refractivity contribution in [2.75, 3.05) is 14.2 Å². The number of ether oxygens (including phenoxy) is 2. The number of H-pyrrole nitrogens is 1. The molecule has 1 heterocycles. The van der Waals surface area contributed by atoms with Crippen LogP contribution in [0.4, 0.5) is 0 Å². The molecule has 2 aromatic carbocycles. The minimum atomic E-state index is -0.364. The molecule has 0 aliphatic carbocycles. The lowest BCUT2D eigenvalue weighted by molar-refractivity contribution is -0.130. The molecule has 1 atom stereocenters. The van der Waals surface area contributed by atoms with E-state index in [-0.39, 0.29) is 36.1 Å². The molecule has 33 heavy (non-hydrogen) atoms. The van der Waals surface area contributed by atoms with Gasteiger partial charge in [0.05, 0.1) is 13.2 Å². The number of carbonyl (C=O) groups is 1. The molecule has 1 unspecified atom stereocenters. The summed E-state index contributed by atoms with van der Waals surface area (Å²) in [5.74, 6) is 1.43. The number of amides is 1. The average Bonchev–Trinajstić information content (AvgIpc) is 2.83. The highest BCUT2D eigenvalue weighted by Gasteiger charge is 2.15. The quantitative estimate of drug-likeness (QED) is 0.507. The van der Waals surface area contributed by atoms with Crippen molar-refractivity contribution >= 4 is 5.91 Å². The van der Waals surface area contributed by atoms with Crippen LogP contribution in [-0.2, 0) is 17.8 Å². The number of nitrogens with zero attached hydrogens (tertiary/aromatic N) is 3. The van der Waals surface area contributed by atoms with E-state index in [0.717, 1.165) is 12.0 Å². The number of aromatic amines is 1. The van der Waals surface area contributed by atoms with Gasteiger partial charge in [0.2, 0.25) is 5.91 Å². The molecule has 8 nitrogen and oxygen atoms in total. The van der Waals surface area contributed by atoms with Gasteiger partial charge in [-0.05, 0) is 37.1 Å². The lowest BCUT2D eigenvalue weighted by atomic mass is 10.1. The van der Waals surface area contributed by atoms with Crippen molar-refractivity contribution in [2.24, 2.45) is 0 Å². The van der Waals surface area contributed by atoms with Crippen LogP contribution in [0.5, 0.6) is 11.5 Å². The smallest absolute Gasteiger partial charge is 0.273 e. The summed E-state index contributed by atoms with van der Waals surface area (Å²) in [6.07, 6.45) is 1.31. The van der Waals surface area contributed by atoms with Crippen LogP contribution < -0.4 is 15.0 Å². The third kappa shape index (κ3) is 6.41. The number of aromatic nitrogens is 3. The van der Waals surface area contributed by atoms with E-state index in [4.69, 9.17) is 9.47 Å². The Morgan fingerprint density at radius 3 is 2.55 bits per heavy atom. The number of benzene rings is 2. The molecule has 3 rings (SSSR count). The van der Waals surface area contributed by atoms with Crippen molar-refractivity contribution in [1.82, 2.24) is 20.1 Å². The molecule has 1 aromatic heterocycles. The van der Waals surface area contributed by atoms with Gasteiger partial charge >= 0.3 is 0 Å². The zero-order valence-electron chi connectivity index (χ0n) is 19.5. The zero-order chi connectivity index (χ0) is 23.8. The van der Waals surface area contributed by atoms with Crippen molar-refractivity contribution in [2.45, 2.75) is 45.8 Å². The Labute approximate surface area is 193 Å². The zero-order valence-corrected chi connectivity index (χ0v) is 19.5. The first-order valence-corrected chi connectivity index (χ1v) is 11.0. The van der Waals surface area contributed by atoms with Gasteiger partial charge in [0.15, 0.2) is 17.3 Å². The van der Waals surface area contributed by atoms with Crippen molar-refractivity contribution in [3.05, 3.63) is 70.1 Å². The Hall–Kier alpha value is -3.68. The summed E-state index contributed by atoms with van der Waals surface area (Å²) in [6, 6.07) is 15.1. The highest BCUT2D eigenvalue weighted by atomic mass is 16.5. The Morgan fingerprint density at radius 2 is 1.88 bits per heavy atom. The first-order chi connectivity index (χ1) is 15.9. The van der Waals surface area contributed by atoms with Crippen LogP contribution in [0.3, 0.4) is 0 Å². The topological polar surface area (TPSA) is 97.4 Å². The monoisotopic (exact) mass is 450 g/mol. The Balaban J connectivity index is 1.66. The molecule has 0 saturated carbocycles. The SMILES string of the molecule is CCC(C)Oc1ccc(-c2nnc(CCC(=O)N(C)Cc3ccccc3)c(=O)[nH]2)cc1OC. The fourth-order valence-electron chi connectivity index (χ4n) is 3.23. The molecule has 0 bridgehead atoms. The molecule has 0 aliphatic heterocycles. The number of carbonyl (C=O) groups excluding carboxylic acids is 1. The summed E-state index contributed by atoms with van der Waals surface area (Å²) >= 11 is 0. The highest BCUT2D eigenvalue weighted by Crippen LogP contribution is 2.32. The largest absolute Gasteiger partial charge is 0.493 e. The van der Waals surface area contributed by atoms with Crippen LogP contribution in [0, 0.1) is 0 Å². The third-order valence-electron chi connectivity index (χ3n) is 5.37. The van der Waals surface area contributed by atoms with Gasteiger partial charge in [-0.2, -0.15) is 0 Å². The molecule has 0 aliphatic rings. The van der Waals surface area contributed by atoms with Crippen LogP contribution in [0.15, 0.2) is 53.3 Å². The molecular formula is C25H30N4O4. The first-order valence-electron chi connectivity index (χ1n) is 11.0. The number of hydrogen-bond acceptors (Lipinski definition) is 6. The van der Waals surface area contributed by atoms with Crippen LogP contribution >= 0.6 is 0 Å². The maximum atomic E-state index is 12.6. The summed E-state index contributed by atoms with van der Waals surface area (Å²) in [6.45, 7) is 4.54. The van der Waals surface area contributed by atoms with E-state index in [0.29, 0.717) is 29.4 Å². The van der Waals surface area contributed by atoms with Crippen LogP contribution in [0.25, 0.3) is 11.4 Å². The Kier molecular flexibility index (Phi) is 8.18. The van der Waals surface area contributed by atoms with Crippen molar-refractivity contribution in [1.29, 1.82) is 0 Å². The number of methoxy groups -OCH3 is 1. The van der Waals surface area contributed by atoms with E-state index in [2.05, 4.69) is 15.2 Å². The van der Waals surface area contributed by atoms with Gasteiger partial charge in [-0.15, -0.1) is 10.2 Å². The van der Waals surface area contributed by atoms with Crippen molar-refractivity contribution < 1.29 is 14.3 Å². The van der Waals surface area contributed by atoms with Crippen molar-refractivity contribution in [3.8, 4) is 22.9 Å². The lowest BCUT2D eigenvalue weighted by Gasteiger charge is -2.17. The number of nitrogens with one attached hydrogen (secondary N) is 1. The Bertz CT molecular complexity index is 1130. The summed E-state index contributed by atoms with van der Waals surface area (Å²) in [5, 5.41) is 8.23. The average molecular weight is 451 g/mol. The normalized spacial score (nSPS) is 11.6. The van der Waals surface area contributed by atoms with Gasteiger partial charge in [0.25, 0.3) is 5.56 Å². The second kappa shape index (κ2) is 11.3. The summed E-state index contributed by atoms with van der Waals surface area (Å²) in [4.78, 5) is 29.4. The Morgan fingerprint density at radius 1 is 1.12 bits per heavy atom. The number of rotatable bonds is 10. The van der Waals surface area contributed by atoms with Gasteiger partial charge in [-0.25, -0.2) is 0 Å². The number of aryl methyl sites for hydroxylation is 1. The fourth-order valence-corrected chi connectivity index (χ4v) is 3.23. The van der Waals surface area contributed by atoms with Crippen LogP contribution in [-0.4, -0.2) is 46.2 Å². The maximum absolute atomic E-state index is 12.6. The minimum absolute atomic E-state index is 0.0538. The lowest BCUT2D eigenvalue weighted by Crippen LogP contribution is -2.27. The van der Waals surface area contributed by atoms with Gasteiger partial charge in [0.1, 0.15) is 5.69 Å². The van der Waals surface area contributed by atoms with E-state index >= 15 is 0 Å². The summed E-state index contributed by atoms with van der Waals surface area (Å²) in [7, 11) is 3.31. The van der Waals surface area contributed by atoms with Crippen LogP contribution in [0.2, 0.25) is 0 Å². The molecular weight excluding hydrogens is 420 g/mol. The predicted molar refractivity (Wildman–Crippen MR) is 126 cm³/mol. The highest BCUT2D eigenvalue weighted by molar-refractivity contribution is 5.76. The molecule has 1 amide bonds. The van der Waals surface area contributed by atoms with Crippen molar-refractivity contribution in [3.63, 3.8) is 0 Å². The molecule has 0 saturated heterocycles. The van der Waals surface area contributed by atoms with Crippen LogP contribution in [0.1, 0.15) is 37.9 Å². The van der Waals surface area contributed by atoms with Gasteiger partial charge in [-0.3, -0.25) is 9.59 Å². The van der Waals surface area contributed by atoms with Gasteiger partial charge < -0.3 is 19.4 Å². The second-order valence-electron chi connectivity index (χ2n) is 7.89. The molecule has 174 valence electrons. The maximum Gasteiger partial charge on any atom is 0.273 e. The van der Waals surface area contributed by atoms with E-state index in [1.54, 1.807) is 37.3 Å². The van der Waals surface area contributed by atoms with E-state index in [9.17, 15) is 9.59 Å². The third-order valence-corrected chi connectivity index (χ3v) is 5.37. The molecule has 8 heteroatoms. The predicted octanol–water partition coefficient (Wildman–Crippen LogP) is 3.61. The van der Waals surface area contributed by atoms with E-state index in [1.165, 1.54) is 0 Å². The molecule has 1 N–H and O–H groups in total. The second-order valence-corrected chi connectivity index (χ2v) is 7.89. The first kappa shape index (κ1) is 24.0. The molecule has 0 radical (unpaired) electrons. The molecule has 0 fully saturated rings. The fraction of sp³-hybridized carbons (Fsp3) is 0.360. The minimum Gasteiger partial charge on any atom is -0.493 e. The molecule has 0 spiro atoms. The van der Waals surface area contributed by atoms with Gasteiger partial charge in [0, 0.05) is 32.0 Å². The summed E-state index contributed by atoms with van der Waals surface area (Å²) < 4.78 is 11.3. The van der Waals surface area contributed by atoms with E-state index < -0.39 is 0 Å². The molecule has 3 aromatic rings.